The summed E-state index contributed by atoms with van der Waals surface area (Å²) in [5, 5.41) is 11.2. The zero-order valence-electron chi connectivity index (χ0n) is 18.6. The van der Waals surface area contributed by atoms with Crippen molar-refractivity contribution in [3.8, 4) is 22.7 Å². The number of rotatable bonds is 5. The van der Waals surface area contributed by atoms with Gasteiger partial charge in [-0.1, -0.05) is 48.5 Å². The number of hydrogen-bond donors (Lipinski definition) is 0. The van der Waals surface area contributed by atoms with Crippen molar-refractivity contribution >= 4 is 11.6 Å². The Hall–Kier alpha value is -4.19. The van der Waals surface area contributed by atoms with Crippen molar-refractivity contribution in [2.45, 2.75) is 19.4 Å². The zero-order chi connectivity index (χ0) is 22.8. The third-order valence-corrected chi connectivity index (χ3v) is 5.83. The lowest BCUT2D eigenvalue weighted by molar-refractivity contribution is -0.130. The van der Waals surface area contributed by atoms with Crippen LogP contribution in [0, 0.1) is 0 Å². The average molecular weight is 437 g/mol. The Balaban J connectivity index is 1.58. The van der Waals surface area contributed by atoms with E-state index in [4.69, 9.17) is 14.9 Å². The van der Waals surface area contributed by atoms with E-state index >= 15 is 0 Å². The van der Waals surface area contributed by atoms with Crippen molar-refractivity contribution < 1.29 is 9.53 Å². The molecule has 5 rings (SSSR count). The maximum Gasteiger partial charge on any atom is 0.240 e. The van der Waals surface area contributed by atoms with Gasteiger partial charge in [0.05, 0.1) is 30.2 Å². The number of hydrogen-bond acceptors (Lipinski definition) is 4. The van der Waals surface area contributed by atoms with Gasteiger partial charge in [0.2, 0.25) is 5.91 Å². The van der Waals surface area contributed by atoms with Crippen molar-refractivity contribution in [2.75, 3.05) is 7.11 Å². The Labute approximate surface area is 192 Å². The number of ether oxygens (including phenoxy) is 1. The normalized spacial score (nSPS) is 15.4. The van der Waals surface area contributed by atoms with Crippen LogP contribution in [0.1, 0.15) is 30.5 Å². The van der Waals surface area contributed by atoms with Gasteiger partial charge in [0.15, 0.2) is 0 Å². The number of amides is 1. The van der Waals surface area contributed by atoms with Gasteiger partial charge in [-0.25, -0.2) is 9.69 Å². The van der Waals surface area contributed by atoms with Gasteiger partial charge in [-0.05, 0) is 42.0 Å². The third kappa shape index (κ3) is 4.03. The van der Waals surface area contributed by atoms with Crippen molar-refractivity contribution in [3.05, 3.63) is 102 Å². The van der Waals surface area contributed by atoms with Crippen LogP contribution < -0.4 is 4.74 Å². The molecule has 0 saturated carbocycles. The van der Waals surface area contributed by atoms with E-state index in [-0.39, 0.29) is 11.9 Å². The summed E-state index contributed by atoms with van der Waals surface area (Å²) in [4.78, 5) is 12.6. The van der Waals surface area contributed by atoms with Crippen LogP contribution in [-0.4, -0.2) is 33.5 Å². The lowest BCUT2D eigenvalue weighted by atomic mass is 9.96. The molecular weight excluding hydrogens is 412 g/mol. The van der Waals surface area contributed by atoms with Crippen LogP contribution in [0.4, 0.5) is 0 Å². The zero-order valence-corrected chi connectivity index (χ0v) is 18.6. The minimum atomic E-state index is -0.243. The van der Waals surface area contributed by atoms with E-state index in [9.17, 15) is 4.79 Å². The van der Waals surface area contributed by atoms with E-state index in [1.165, 1.54) is 0 Å². The molecule has 6 nitrogen and oxygen atoms in total. The molecule has 3 aromatic carbocycles. The molecule has 1 unspecified atom stereocenters. The molecular formula is C27H24N4O2. The number of methoxy groups -OCH3 is 1. The predicted molar refractivity (Wildman–Crippen MR) is 128 cm³/mol. The average Bonchev–Trinajstić information content (AvgIpc) is 3.50. The summed E-state index contributed by atoms with van der Waals surface area (Å²) >= 11 is 0. The quantitative estimate of drug-likeness (QED) is 0.430. The Bertz CT molecular complexity index is 1300. The van der Waals surface area contributed by atoms with Gasteiger partial charge in [0, 0.05) is 30.7 Å². The highest BCUT2D eigenvalue weighted by molar-refractivity contribution is 6.03. The first-order chi connectivity index (χ1) is 16.1. The molecule has 0 saturated heterocycles. The molecule has 1 amide bonds. The molecule has 0 N–H and O–H groups in total. The van der Waals surface area contributed by atoms with E-state index in [0.29, 0.717) is 6.42 Å². The van der Waals surface area contributed by atoms with Crippen molar-refractivity contribution in [1.29, 1.82) is 0 Å². The highest BCUT2D eigenvalue weighted by Gasteiger charge is 2.34. The Kier molecular flexibility index (Phi) is 5.48. The molecule has 33 heavy (non-hydrogen) atoms. The van der Waals surface area contributed by atoms with Crippen molar-refractivity contribution in [3.63, 3.8) is 0 Å². The number of nitrogens with zero attached hydrogens (tertiary/aromatic N) is 4. The molecule has 164 valence electrons. The van der Waals surface area contributed by atoms with Gasteiger partial charge >= 0.3 is 0 Å². The van der Waals surface area contributed by atoms with E-state index < -0.39 is 0 Å². The Morgan fingerprint density at radius 2 is 1.58 bits per heavy atom. The first-order valence-corrected chi connectivity index (χ1v) is 10.9. The lowest BCUT2D eigenvalue weighted by Gasteiger charge is -2.20. The van der Waals surface area contributed by atoms with E-state index in [2.05, 4.69) is 0 Å². The molecule has 2 heterocycles. The predicted octanol–water partition coefficient (Wildman–Crippen LogP) is 5.25. The minimum absolute atomic E-state index is 0.102. The fraction of sp³-hybridized carbons (Fsp3) is 0.148. The van der Waals surface area contributed by atoms with E-state index in [1.807, 2.05) is 95.8 Å². The van der Waals surface area contributed by atoms with Gasteiger partial charge in [-0.3, -0.25) is 4.79 Å². The van der Waals surface area contributed by atoms with Gasteiger partial charge in [-0.15, -0.1) is 0 Å². The second-order valence-electron chi connectivity index (χ2n) is 7.94. The van der Waals surface area contributed by atoms with Crippen LogP contribution in [0.15, 0.2) is 96.2 Å². The number of hydrazone groups is 1. The summed E-state index contributed by atoms with van der Waals surface area (Å²) in [6.07, 6.45) is 2.62. The summed E-state index contributed by atoms with van der Waals surface area (Å²) in [7, 11) is 1.64. The number of benzene rings is 3. The number of carbonyl (C=O) groups is 1. The summed E-state index contributed by atoms with van der Waals surface area (Å²) in [5.41, 5.74) is 5.62. The summed E-state index contributed by atoms with van der Waals surface area (Å²) in [6.45, 7) is 1.55. The fourth-order valence-electron chi connectivity index (χ4n) is 4.17. The molecule has 0 fully saturated rings. The molecule has 4 aromatic rings. The molecule has 0 spiro atoms. The summed E-state index contributed by atoms with van der Waals surface area (Å²) in [5.74, 6) is 0.683. The molecule has 0 radical (unpaired) electrons. The van der Waals surface area contributed by atoms with Crippen LogP contribution in [0.5, 0.6) is 5.75 Å². The van der Waals surface area contributed by atoms with Crippen LogP contribution in [0.2, 0.25) is 0 Å². The van der Waals surface area contributed by atoms with Crippen LogP contribution in [0.3, 0.4) is 0 Å². The third-order valence-electron chi connectivity index (χ3n) is 5.83. The second kappa shape index (κ2) is 8.74. The minimum Gasteiger partial charge on any atom is -0.497 e. The number of para-hydroxylation sites is 1. The maximum atomic E-state index is 12.6. The Morgan fingerprint density at radius 3 is 2.21 bits per heavy atom. The molecule has 1 aliphatic heterocycles. The van der Waals surface area contributed by atoms with Crippen molar-refractivity contribution in [1.82, 2.24) is 14.8 Å². The SMILES string of the molecule is COc1ccc(C2=NN(C(C)=O)C(c3cn(-c4ccccc4)nc3-c3ccccc3)C2)cc1. The monoisotopic (exact) mass is 436 g/mol. The standard InChI is InChI=1S/C27H24N4O2/c1-19(32)31-26(17-25(28-31)20-13-15-23(33-2)16-14-20)24-18-30(22-11-7-4-8-12-22)29-27(24)21-9-5-3-6-10-21/h3-16,18,26H,17H2,1-2H3. The van der Waals surface area contributed by atoms with E-state index in [0.717, 1.165) is 39.5 Å². The second-order valence-corrected chi connectivity index (χ2v) is 7.94. The summed E-state index contributed by atoms with van der Waals surface area (Å²) < 4.78 is 7.15. The molecule has 0 aliphatic carbocycles. The lowest BCUT2D eigenvalue weighted by Crippen LogP contribution is -2.24. The van der Waals surface area contributed by atoms with Gasteiger partial charge in [-0.2, -0.15) is 10.2 Å². The molecule has 6 heteroatoms. The maximum absolute atomic E-state index is 12.6. The highest BCUT2D eigenvalue weighted by Crippen LogP contribution is 2.38. The molecule has 0 bridgehead atoms. The van der Waals surface area contributed by atoms with Crippen molar-refractivity contribution in [2.24, 2.45) is 5.10 Å². The molecule has 1 aromatic heterocycles. The first kappa shape index (κ1) is 20.7. The van der Waals surface area contributed by atoms with Crippen LogP contribution in [0.25, 0.3) is 16.9 Å². The fourth-order valence-corrected chi connectivity index (χ4v) is 4.17. The van der Waals surface area contributed by atoms with Crippen LogP contribution in [-0.2, 0) is 4.79 Å². The topological polar surface area (TPSA) is 59.7 Å². The first-order valence-electron chi connectivity index (χ1n) is 10.9. The van der Waals surface area contributed by atoms with E-state index in [1.54, 1.807) is 19.0 Å². The smallest absolute Gasteiger partial charge is 0.240 e. The van der Waals surface area contributed by atoms with Crippen LogP contribution >= 0.6 is 0 Å². The van der Waals surface area contributed by atoms with Gasteiger partial charge in [0.25, 0.3) is 0 Å². The highest BCUT2D eigenvalue weighted by atomic mass is 16.5. The number of carbonyl (C=O) groups excluding carboxylic acids is 1. The Morgan fingerprint density at radius 1 is 0.909 bits per heavy atom. The largest absolute Gasteiger partial charge is 0.497 e. The van der Waals surface area contributed by atoms with Gasteiger partial charge < -0.3 is 4.74 Å². The molecule has 1 atom stereocenters. The number of aromatic nitrogens is 2. The molecule has 1 aliphatic rings. The van der Waals surface area contributed by atoms with Gasteiger partial charge in [0.1, 0.15) is 5.75 Å². The summed E-state index contributed by atoms with van der Waals surface area (Å²) in [6, 6.07) is 27.6.